The molecule has 8 heteroatoms. The second-order valence-corrected chi connectivity index (χ2v) is 9.27. The van der Waals surface area contributed by atoms with Gasteiger partial charge in [-0.1, -0.05) is 0 Å². The molecule has 5 rings (SSSR count). The molecule has 3 aliphatic heterocycles. The maximum Gasteiger partial charge on any atom is 0.323 e. The van der Waals surface area contributed by atoms with Crippen molar-refractivity contribution in [1.29, 1.82) is 0 Å². The smallest absolute Gasteiger partial charge is 0.323 e. The molecule has 3 aliphatic rings. The van der Waals surface area contributed by atoms with E-state index >= 15 is 0 Å². The van der Waals surface area contributed by atoms with Gasteiger partial charge >= 0.3 is 6.03 Å². The summed E-state index contributed by atoms with van der Waals surface area (Å²) in [6, 6.07) is 9.42. The number of carbonyl (C=O) groups is 1. The van der Waals surface area contributed by atoms with Crippen LogP contribution in [-0.2, 0) is 4.74 Å². The molecule has 1 aromatic heterocycles. The fourth-order valence-corrected chi connectivity index (χ4v) is 5.23. The summed E-state index contributed by atoms with van der Waals surface area (Å²) in [6.45, 7) is 6.58. The van der Waals surface area contributed by atoms with Gasteiger partial charge in [0, 0.05) is 51.5 Å². The first-order valence-electron chi connectivity index (χ1n) is 11.4. The number of amides is 2. The molecule has 7 nitrogen and oxygen atoms in total. The van der Waals surface area contributed by atoms with Crippen molar-refractivity contribution in [2.24, 2.45) is 17.8 Å². The van der Waals surface area contributed by atoms with Crippen molar-refractivity contribution < 1.29 is 13.9 Å². The summed E-state index contributed by atoms with van der Waals surface area (Å²) in [5.41, 5.74) is 7.88. The first-order chi connectivity index (χ1) is 15.5. The molecule has 2 amide bonds. The summed E-state index contributed by atoms with van der Waals surface area (Å²) in [5, 5.41) is 2.89. The largest absolute Gasteiger partial charge is 0.396 e. The van der Waals surface area contributed by atoms with Gasteiger partial charge in [-0.2, -0.15) is 0 Å². The highest BCUT2D eigenvalue weighted by Crippen LogP contribution is 2.33. The van der Waals surface area contributed by atoms with E-state index in [1.54, 1.807) is 24.3 Å². The fraction of sp³-hybridized carbons (Fsp3) is 0.500. The highest BCUT2D eigenvalue weighted by Gasteiger charge is 2.42. The van der Waals surface area contributed by atoms with Crippen LogP contribution in [0.25, 0.3) is 11.3 Å². The molecular weight excluding hydrogens is 409 g/mol. The summed E-state index contributed by atoms with van der Waals surface area (Å²) in [6.07, 6.45) is 2.32. The van der Waals surface area contributed by atoms with Gasteiger partial charge in [-0.15, -0.1) is 0 Å². The van der Waals surface area contributed by atoms with Gasteiger partial charge in [0.1, 0.15) is 5.82 Å². The molecule has 0 bridgehead atoms. The second-order valence-electron chi connectivity index (χ2n) is 9.27. The Labute approximate surface area is 187 Å². The molecule has 3 saturated heterocycles. The molecule has 0 spiro atoms. The van der Waals surface area contributed by atoms with Crippen molar-refractivity contribution in [2.45, 2.75) is 12.8 Å². The van der Waals surface area contributed by atoms with Crippen LogP contribution in [0.5, 0.6) is 0 Å². The number of ether oxygens (including phenoxy) is 1. The predicted molar refractivity (Wildman–Crippen MR) is 122 cm³/mol. The number of urea groups is 1. The van der Waals surface area contributed by atoms with Gasteiger partial charge in [-0.05, 0) is 67.0 Å². The number of hydrogen-bond acceptors (Lipinski definition) is 5. The molecule has 0 aliphatic carbocycles. The lowest BCUT2D eigenvalue weighted by molar-refractivity contribution is 0.0543. The van der Waals surface area contributed by atoms with Gasteiger partial charge < -0.3 is 20.3 Å². The number of hydrogen-bond donors (Lipinski definition) is 2. The van der Waals surface area contributed by atoms with Gasteiger partial charge in [0.2, 0.25) is 0 Å². The van der Waals surface area contributed by atoms with E-state index in [-0.39, 0.29) is 11.8 Å². The number of nitrogen functional groups attached to an aromatic ring is 1. The van der Waals surface area contributed by atoms with Crippen LogP contribution in [0.4, 0.5) is 20.7 Å². The van der Waals surface area contributed by atoms with Crippen LogP contribution >= 0.6 is 0 Å². The number of carbonyl (C=O) groups excluding carboxylic acids is 1. The van der Waals surface area contributed by atoms with Crippen LogP contribution in [0.2, 0.25) is 0 Å². The van der Waals surface area contributed by atoms with E-state index in [0.717, 1.165) is 70.3 Å². The standard InChI is InChI=1S/C24H30FN5O2/c25-20-3-1-17(2-4-20)22-6-5-21(26)23(27-22)28-24(31)30-14-18-12-29(13-19(18)15-30)11-16-7-9-32-10-8-16/h1-6,16,18-19H,7-15,26H2,(H,27,28,31). The number of aromatic nitrogens is 1. The van der Waals surface area contributed by atoms with Crippen molar-refractivity contribution in [2.75, 3.05) is 57.0 Å². The summed E-state index contributed by atoms with van der Waals surface area (Å²) in [4.78, 5) is 21.9. The van der Waals surface area contributed by atoms with Crippen LogP contribution in [-0.4, -0.2) is 66.8 Å². The molecule has 3 N–H and O–H groups in total. The molecule has 0 radical (unpaired) electrons. The zero-order valence-corrected chi connectivity index (χ0v) is 18.2. The minimum Gasteiger partial charge on any atom is -0.396 e. The number of nitrogens with two attached hydrogens (primary N) is 1. The molecule has 170 valence electrons. The summed E-state index contributed by atoms with van der Waals surface area (Å²) >= 11 is 0. The Kier molecular flexibility index (Phi) is 5.97. The zero-order valence-electron chi connectivity index (χ0n) is 18.2. The number of pyridine rings is 1. The normalized spacial score (nSPS) is 24.0. The minimum atomic E-state index is -0.302. The van der Waals surface area contributed by atoms with Gasteiger partial charge in [0.25, 0.3) is 0 Å². The third-order valence-electron chi connectivity index (χ3n) is 7.00. The predicted octanol–water partition coefficient (Wildman–Crippen LogP) is 3.29. The lowest BCUT2D eigenvalue weighted by atomic mass is 10.00. The SMILES string of the molecule is Nc1ccc(-c2ccc(F)cc2)nc1NC(=O)N1CC2CN(CC3CCOCC3)CC2C1. The second kappa shape index (κ2) is 9.03. The molecule has 2 atom stereocenters. The Morgan fingerprint density at radius 2 is 1.75 bits per heavy atom. The first kappa shape index (κ1) is 21.2. The minimum absolute atomic E-state index is 0.161. The molecule has 0 saturated carbocycles. The zero-order chi connectivity index (χ0) is 22.1. The van der Waals surface area contributed by atoms with Crippen LogP contribution in [0, 0.1) is 23.6 Å². The van der Waals surface area contributed by atoms with E-state index in [1.165, 1.54) is 12.1 Å². The first-order valence-corrected chi connectivity index (χ1v) is 11.4. The summed E-state index contributed by atoms with van der Waals surface area (Å²) in [5.74, 6) is 1.83. The Balaban J connectivity index is 1.18. The topological polar surface area (TPSA) is 83.7 Å². The number of anilines is 2. The van der Waals surface area contributed by atoms with Gasteiger partial charge in [0.15, 0.2) is 5.82 Å². The third-order valence-corrected chi connectivity index (χ3v) is 7.00. The molecular formula is C24H30FN5O2. The number of halogens is 1. The van der Waals surface area contributed by atoms with Gasteiger partial charge in [-0.3, -0.25) is 5.32 Å². The Hall–Kier alpha value is -2.71. The molecule has 4 heterocycles. The van der Waals surface area contributed by atoms with Crippen molar-refractivity contribution in [1.82, 2.24) is 14.8 Å². The average Bonchev–Trinajstić information content (AvgIpc) is 3.35. The maximum atomic E-state index is 13.2. The Morgan fingerprint density at radius 3 is 2.44 bits per heavy atom. The number of likely N-dealkylation sites (tertiary alicyclic amines) is 2. The lowest BCUT2D eigenvalue weighted by Crippen LogP contribution is -2.38. The molecule has 3 fully saturated rings. The van der Waals surface area contributed by atoms with Crippen molar-refractivity contribution >= 4 is 17.5 Å². The number of nitrogens with one attached hydrogen (secondary N) is 1. The van der Waals surface area contributed by atoms with Crippen molar-refractivity contribution in [3.05, 3.63) is 42.2 Å². The fourth-order valence-electron chi connectivity index (χ4n) is 5.23. The van der Waals surface area contributed by atoms with Crippen molar-refractivity contribution in [3.8, 4) is 11.3 Å². The number of nitrogens with zero attached hydrogens (tertiary/aromatic N) is 3. The van der Waals surface area contributed by atoms with E-state index < -0.39 is 0 Å². The lowest BCUT2D eigenvalue weighted by Gasteiger charge is -2.28. The Bertz CT molecular complexity index is 949. The van der Waals surface area contributed by atoms with Crippen LogP contribution < -0.4 is 11.1 Å². The highest BCUT2D eigenvalue weighted by molar-refractivity contribution is 5.92. The van der Waals surface area contributed by atoms with E-state index in [4.69, 9.17) is 10.5 Å². The van der Waals surface area contributed by atoms with Gasteiger partial charge in [-0.25, -0.2) is 14.2 Å². The molecule has 2 unspecified atom stereocenters. The van der Waals surface area contributed by atoms with Crippen molar-refractivity contribution in [3.63, 3.8) is 0 Å². The number of fused-ring (bicyclic) bond motifs is 1. The number of rotatable bonds is 4. The number of benzene rings is 1. The summed E-state index contributed by atoms with van der Waals surface area (Å²) in [7, 11) is 0. The monoisotopic (exact) mass is 439 g/mol. The molecule has 2 aromatic rings. The maximum absolute atomic E-state index is 13.2. The molecule has 1 aromatic carbocycles. The van der Waals surface area contributed by atoms with E-state index in [9.17, 15) is 9.18 Å². The van der Waals surface area contributed by atoms with Crippen LogP contribution in [0.15, 0.2) is 36.4 Å². The third kappa shape index (κ3) is 4.56. The highest BCUT2D eigenvalue weighted by atomic mass is 19.1. The van der Waals surface area contributed by atoms with Crippen LogP contribution in [0.1, 0.15) is 12.8 Å². The van der Waals surface area contributed by atoms with E-state index in [0.29, 0.717) is 29.0 Å². The van der Waals surface area contributed by atoms with Crippen LogP contribution in [0.3, 0.4) is 0 Å². The van der Waals surface area contributed by atoms with Gasteiger partial charge in [0.05, 0.1) is 11.4 Å². The summed E-state index contributed by atoms with van der Waals surface area (Å²) < 4.78 is 18.7. The average molecular weight is 440 g/mol. The quantitative estimate of drug-likeness (QED) is 0.764. The molecule has 32 heavy (non-hydrogen) atoms. The van der Waals surface area contributed by atoms with E-state index in [1.807, 2.05) is 4.90 Å². The van der Waals surface area contributed by atoms with E-state index in [2.05, 4.69) is 15.2 Å². The Morgan fingerprint density at radius 1 is 1.06 bits per heavy atom.